The monoisotopic (exact) mass is 231 g/mol. The molecule has 1 heterocycles. The van der Waals surface area contributed by atoms with Crippen molar-refractivity contribution in [2.45, 2.75) is 32.2 Å². The fraction of sp³-hybridized carbons (Fsp3) is 0.909. The molecule has 2 atom stereocenters. The molecule has 1 saturated heterocycles. The van der Waals surface area contributed by atoms with Crippen molar-refractivity contribution in [3.63, 3.8) is 0 Å². The van der Waals surface area contributed by atoms with Crippen LogP contribution in [0.2, 0.25) is 0 Å². The first-order valence-corrected chi connectivity index (χ1v) is 6.70. The molecule has 2 unspecified atom stereocenters. The first-order chi connectivity index (χ1) is 7.03. The molecule has 0 bridgehead atoms. The summed E-state index contributed by atoms with van der Waals surface area (Å²) in [5.41, 5.74) is -0.603. The van der Waals surface area contributed by atoms with Gasteiger partial charge in [0.1, 0.15) is 5.54 Å². The van der Waals surface area contributed by atoms with Crippen LogP contribution in [0.25, 0.3) is 0 Å². The second-order valence-electron chi connectivity index (χ2n) is 4.53. The Balaban J connectivity index is 2.68. The number of carbonyl (C=O) groups is 1. The third-order valence-corrected chi connectivity index (χ3v) is 4.59. The van der Waals surface area contributed by atoms with Gasteiger partial charge in [0.05, 0.1) is 0 Å². The number of carboxylic acids is 1. The van der Waals surface area contributed by atoms with E-state index in [0.29, 0.717) is 5.92 Å². The quantitative estimate of drug-likeness (QED) is 0.785. The van der Waals surface area contributed by atoms with Crippen LogP contribution in [-0.4, -0.2) is 46.6 Å². The Morgan fingerprint density at radius 2 is 2.33 bits per heavy atom. The third kappa shape index (κ3) is 2.67. The summed E-state index contributed by atoms with van der Waals surface area (Å²) in [6.45, 7) is 5.20. The van der Waals surface area contributed by atoms with Gasteiger partial charge in [-0.15, -0.1) is 0 Å². The average molecular weight is 231 g/mol. The van der Waals surface area contributed by atoms with Crippen molar-refractivity contribution in [3.8, 4) is 0 Å². The minimum Gasteiger partial charge on any atom is -0.480 e. The summed E-state index contributed by atoms with van der Waals surface area (Å²) < 4.78 is 0. The van der Waals surface area contributed by atoms with Crippen molar-refractivity contribution in [1.29, 1.82) is 0 Å². The van der Waals surface area contributed by atoms with E-state index < -0.39 is 11.5 Å². The molecule has 0 spiro atoms. The molecule has 0 amide bonds. The summed E-state index contributed by atoms with van der Waals surface area (Å²) in [5.74, 6) is 1.61. The molecule has 0 saturated carbocycles. The summed E-state index contributed by atoms with van der Waals surface area (Å²) in [4.78, 5) is 13.4. The fourth-order valence-corrected chi connectivity index (χ4v) is 3.41. The van der Waals surface area contributed by atoms with Crippen molar-refractivity contribution >= 4 is 17.7 Å². The number of aliphatic carboxylic acids is 1. The molecule has 0 aromatic carbocycles. The Labute approximate surface area is 96.2 Å². The molecule has 1 N–H and O–H groups in total. The average Bonchev–Trinajstić information content (AvgIpc) is 2.67. The molecular formula is C11H21NO2S. The lowest BCUT2D eigenvalue weighted by Crippen LogP contribution is -2.54. The lowest BCUT2D eigenvalue weighted by Gasteiger charge is -2.35. The maximum atomic E-state index is 11.4. The Morgan fingerprint density at radius 1 is 1.67 bits per heavy atom. The third-order valence-electron chi connectivity index (χ3n) is 3.41. The molecule has 3 nitrogen and oxygen atoms in total. The number of hydrogen-bond acceptors (Lipinski definition) is 3. The maximum absolute atomic E-state index is 11.4. The number of rotatable bonds is 5. The van der Waals surface area contributed by atoms with Gasteiger partial charge in [0, 0.05) is 12.3 Å². The van der Waals surface area contributed by atoms with Crippen molar-refractivity contribution in [1.82, 2.24) is 4.90 Å². The second kappa shape index (κ2) is 5.21. The van der Waals surface area contributed by atoms with Crippen LogP contribution < -0.4 is 0 Å². The molecule has 4 heteroatoms. The predicted molar refractivity (Wildman–Crippen MR) is 64.4 cm³/mol. The van der Waals surface area contributed by atoms with Crippen LogP contribution in [0.4, 0.5) is 0 Å². The highest BCUT2D eigenvalue weighted by molar-refractivity contribution is 7.99. The predicted octanol–water partition coefficient (Wildman–Crippen LogP) is 1.92. The van der Waals surface area contributed by atoms with Gasteiger partial charge in [0.2, 0.25) is 0 Å². The second-order valence-corrected chi connectivity index (χ2v) is 5.64. The molecule has 0 aromatic heterocycles. The number of hydrogen-bond donors (Lipinski definition) is 1. The van der Waals surface area contributed by atoms with Crippen LogP contribution in [-0.2, 0) is 4.79 Å². The van der Waals surface area contributed by atoms with Crippen LogP contribution in [0.1, 0.15) is 26.7 Å². The van der Waals surface area contributed by atoms with Crippen LogP contribution in [0.15, 0.2) is 0 Å². The highest BCUT2D eigenvalue weighted by Crippen LogP contribution is 2.33. The zero-order valence-corrected chi connectivity index (χ0v) is 10.6. The van der Waals surface area contributed by atoms with Crippen LogP contribution in [0.3, 0.4) is 0 Å². The first-order valence-electron chi connectivity index (χ1n) is 5.55. The van der Waals surface area contributed by atoms with Gasteiger partial charge in [-0.05, 0) is 25.1 Å². The molecule has 0 aliphatic carbocycles. The van der Waals surface area contributed by atoms with E-state index >= 15 is 0 Å². The lowest BCUT2D eigenvalue weighted by molar-refractivity contribution is -0.149. The van der Waals surface area contributed by atoms with Gasteiger partial charge >= 0.3 is 5.97 Å². The zero-order chi connectivity index (χ0) is 11.5. The summed E-state index contributed by atoms with van der Waals surface area (Å²) in [5, 5.41) is 9.36. The van der Waals surface area contributed by atoms with E-state index in [2.05, 4.69) is 13.8 Å². The van der Waals surface area contributed by atoms with E-state index in [4.69, 9.17) is 0 Å². The largest absolute Gasteiger partial charge is 0.480 e. The van der Waals surface area contributed by atoms with Gasteiger partial charge in [-0.1, -0.05) is 20.3 Å². The zero-order valence-electron chi connectivity index (χ0n) is 9.82. The van der Waals surface area contributed by atoms with E-state index in [9.17, 15) is 9.90 Å². The SMILES string of the molecule is CCC(C)CN(C)C1(C(=O)O)CCSC1. The topological polar surface area (TPSA) is 40.5 Å². The number of nitrogens with zero attached hydrogens (tertiary/aromatic N) is 1. The van der Waals surface area contributed by atoms with Gasteiger partial charge in [-0.25, -0.2) is 0 Å². The highest BCUT2D eigenvalue weighted by atomic mass is 32.2. The van der Waals surface area contributed by atoms with Crippen LogP contribution in [0.5, 0.6) is 0 Å². The van der Waals surface area contributed by atoms with Gasteiger partial charge in [0.15, 0.2) is 0 Å². The minimum absolute atomic E-state index is 0.567. The highest BCUT2D eigenvalue weighted by Gasteiger charge is 2.45. The molecule has 1 aliphatic heterocycles. The van der Waals surface area contributed by atoms with E-state index in [-0.39, 0.29) is 0 Å². The van der Waals surface area contributed by atoms with Crippen molar-refractivity contribution in [2.24, 2.45) is 5.92 Å². The van der Waals surface area contributed by atoms with Gasteiger partial charge in [0.25, 0.3) is 0 Å². The molecule has 1 fully saturated rings. The van der Waals surface area contributed by atoms with Gasteiger partial charge in [-0.3, -0.25) is 9.69 Å². The number of likely N-dealkylation sites (N-methyl/N-ethyl adjacent to an activating group) is 1. The molecule has 15 heavy (non-hydrogen) atoms. The standard InChI is InChI=1S/C11H21NO2S/c1-4-9(2)7-12(3)11(10(13)14)5-6-15-8-11/h9H,4-8H2,1-3H3,(H,13,14). The molecule has 0 aromatic rings. The van der Waals surface area contributed by atoms with E-state index in [0.717, 1.165) is 30.9 Å². The molecule has 1 rings (SSSR count). The van der Waals surface area contributed by atoms with Crippen molar-refractivity contribution in [3.05, 3.63) is 0 Å². The van der Waals surface area contributed by atoms with E-state index in [1.807, 2.05) is 11.9 Å². The normalized spacial score (nSPS) is 28.3. The smallest absolute Gasteiger partial charge is 0.325 e. The van der Waals surface area contributed by atoms with Gasteiger partial charge < -0.3 is 5.11 Å². The molecular weight excluding hydrogens is 210 g/mol. The first kappa shape index (κ1) is 12.8. The van der Waals surface area contributed by atoms with Crippen LogP contribution in [0, 0.1) is 5.92 Å². The summed E-state index contributed by atoms with van der Waals surface area (Å²) in [6.07, 6.45) is 1.88. The Morgan fingerprint density at radius 3 is 2.73 bits per heavy atom. The fourth-order valence-electron chi connectivity index (χ4n) is 1.96. The van der Waals surface area contributed by atoms with Crippen molar-refractivity contribution in [2.75, 3.05) is 25.1 Å². The molecule has 0 radical (unpaired) electrons. The lowest BCUT2D eigenvalue weighted by atomic mass is 9.95. The van der Waals surface area contributed by atoms with Crippen molar-refractivity contribution < 1.29 is 9.90 Å². The van der Waals surface area contributed by atoms with E-state index in [1.165, 1.54) is 0 Å². The maximum Gasteiger partial charge on any atom is 0.325 e. The minimum atomic E-state index is -0.654. The summed E-state index contributed by atoms with van der Waals surface area (Å²) in [7, 11) is 1.95. The summed E-state index contributed by atoms with van der Waals surface area (Å²) in [6, 6.07) is 0. The van der Waals surface area contributed by atoms with Crippen LogP contribution >= 0.6 is 11.8 Å². The Hall–Kier alpha value is -0.220. The number of carboxylic acid groups (broad SMARTS) is 1. The Kier molecular flexibility index (Phi) is 4.46. The summed E-state index contributed by atoms with van der Waals surface area (Å²) >= 11 is 1.75. The molecule has 88 valence electrons. The van der Waals surface area contributed by atoms with E-state index in [1.54, 1.807) is 11.8 Å². The Bertz CT molecular complexity index is 227. The number of thioether (sulfide) groups is 1. The molecule has 1 aliphatic rings. The van der Waals surface area contributed by atoms with Gasteiger partial charge in [-0.2, -0.15) is 11.8 Å².